The van der Waals surface area contributed by atoms with Crippen molar-refractivity contribution in [1.82, 2.24) is 0 Å². The number of hydrogen-bond donors (Lipinski definition) is 1. The SMILES string of the molecule is COc1ccc(C#CS)cc1. The fourth-order valence-electron chi connectivity index (χ4n) is 0.739. The standard InChI is InChI=1S/C9H8OS/c1-10-9-4-2-8(3-5-9)6-7-11/h2-5,11H,1H3. The van der Waals surface area contributed by atoms with Gasteiger partial charge in [-0.25, -0.2) is 0 Å². The molecule has 1 aromatic rings. The monoisotopic (exact) mass is 164 g/mol. The lowest BCUT2D eigenvalue weighted by atomic mass is 10.2. The number of benzene rings is 1. The Morgan fingerprint density at radius 1 is 1.27 bits per heavy atom. The molecule has 0 saturated heterocycles. The highest BCUT2D eigenvalue weighted by Gasteiger charge is 1.88. The molecule has 2 heteroatoms. The molecule has 0 bridgehead atoms. The van der Waals surface area contributed by atoms with Crippen LogP contribution in [0.25, 0.3) is 0 Å². The molecule has 0 atom stereocenters. The molecule has 11 heavy (non-hydrogen) atoms. The summed E-state index contributed by atoms with van der Waals surface area (Å²) >= 11 is 3.79. The molecule has 1 aromatic carbocycles. The average Bonchev–Trinajstić information content (AvgIpc) is 2.07. The van der Waals surface area contributed by atoms with Crippen LogP contribution in [0.5, 0.6) is 5.75 Å². The van der Waals surface area contributed by atoms with E-state index in [1.165, 1.54) is 0 Å². The summed E-state index contributed by atoms with van der Waals surface area (Å²) in [7, 11) is 1.64. The molecule has 0 N–H and O–H groups in total. The lowest BCUT2D eigenvalue weighted by Gasteiger charge is -1.96. The zero-order valence-corrected chi connectivity index (χ0v) is 7.06. The summed E-state index contributed by atoms with van der Waals surface area (Å²) in [4.78, 5) is 0. The van der Waals surface area contributed by atoms with Gasteiger partial charge in [0.05, 0.1) is 7.11 Å². The summed E-state index contributed by atoms with van der Waals surface area (Å²) in [6.07, 6.45) is 0. The molecule has 0 aliphatic carbocycles. The number of hydrogen-bond acceptors (Lipinski definition) is 2. The minimum Gasteiger partial charge on any atom is -0.497 e. The third-order valence-electron chi connectivity index (χ3n) is 1.29. The van der Waals surface area contributed by atoms with E-state index in [2.05, 4.69) is 23.8 Å². The summed E-state index contributed by atoms with van der Waals surface area (Å²) in [5, 5.41) is 2.53. The Morgan fingerprint density at radius 3 is 2.36 bits per heavy atom. The molecule has 0 aliphatic heterocycles. The van der Waals surface area contributed by atoms with Crippen LogP contribution < -0.4 is 4.74 Å². The van der Waals surface area contributed by atoms with E-state index in [9.17, 15) is 0 Å². The van der Waals surface area contributed by atoms with Crippen molar-refractivity contribution in [3.63, 3.8) is 0 Å². The zero-order valence-electron chi connectivity index (χ0n) is 6.16. The lowest BCUT2D eigenvalue weighted by molar-refractivity contribution is 0.415. The highest BCUT2D eigenvalue weighted by Crippen LogP contribution is 2.09. The quantitative estimate of drug-likeness (QED) is 0.493. The van der Waals surface area contributed by atoms with E-state index in [0.29, 0.717) is 0 Å². The Balaban J connectivity index is 2.88. The summed E-state index contributed by atoms with van der Waals surface area (Å²) in [5.74, 6) is 3.66. The van der Waals surface area contributed by atoms with Gasteiger partial charge in [-0.3, -0.25) is 0 Å². The fourth-order valence-corrected chi connectivity index (χ4v) is 0.868. The fraction of sp³-hybridized carbons (Fsp3) is 0.111. The first kappa shape index (κ1) is 8.03. The Bertz CT molecular complexity index is 279. The highest BCUT2D eigenvalue weighted by molar-refractivity contribution is 7.85. The van der Waals surface area contributed by atoms with Crippen LogP contribution in [0.3, 0.4) is 0 Å². The Kier molecular flexibility index (Phi) is 2.88. The van der Waals surface area contributed by atoms with Crippen LogP contribution in [0.15, 0.2) is 24.3 Å². The zero-order chi connectivity index (χ0) is 8.10. The maximum absolute atomic E-state index is 4.98. The van der Waals surface area contributed by atoms with Gasteiger partial charge in [-0.15, -0.1) is 0 Å². The number of methoxy groups -OCH3 is 1. The highest BCUT2D eigenvalue weighted by atomic mass is 32.1. The molecule has 56 valence electrons. The molecule has 1 nitrogen and oxygen atoms in total. The normalized spacial score (nSPS) is 8.18. The van der Waals surface area contributed by atoms with Crippen LogP contribution in [-0.4, -0.2) is 7.11 Å². The topological polar surface area (TPSA) is 9.23 Å². The Labute approximate surface area is 71.8 Å². The molecule has 0 unspecified atom stereocenters. The maximum Gasteiger partial charge on any atom is 0.118 e. The van der Waals surface area contributed by atoms with E-state index in [1.54, 1.807) is 7.11 Å². The van der Waals surface area contributed by atoms with Crippen molar-refractivity contribution < 1.29 is 4.74 Å². The minimum atomic E-state index is 0.842. The summed E-state index contributed by atoms with van der Waals surface area (Å²) in [6.45, 7) is 0. The van der Waals surface area contributed by atoms with Crippen LogP contribution in [0, 0.1) is 11.2 Å². The van der Waals surface area contributed by atoms with Gasteiger partial charge in [-0.05, 0) is 29.5 Å². The van der Waals surface area contributed by atoms with Crippen molar-refractivity contribution in [3.8, 4) is 16.9 Å². The Hall–Kier alpha value is -1.07. The second-order valence-electron chi connectivity index (χ2n) is 1.97. The Morgan fingerprint density at radius 2 is 1.91 bits per heavy atom. The molecule has 0 fully saturated rings. The van der Waals surface area contributed by atoms with Crippen molar-refractivity contribution in [2.24, 2.45) is 0 Å². The predicted octanol–water partition coefficient (Wildman–Crippen LogP) is 1.93. The first-order valence-electron chi connectivity index (χ1n) is 3.16. The van der Waals surface area contributed by atoms with Crippen molar-refractivity contribution in [3.05, 3.63) is 29.8 Å². The van der Waals surface area contributed by atoms with Gasteiger partial charge in [0.25, 0.3) is 0 Å². The smallest absolute Gasteiger partial charge is 0.118 e. The molecule has 0 heterocycles. The third-order valence-corrected chi connectivity index (χ3v) is 1.40. The van der Waals surface area contributed by atoms with Crippen LogP contribution in [-0.2, 0) is 0 Å². The molecule has 0 amide bonds. The predicted molar refractivity (Wildman–Crippen MR) is 48.9 cm³/mol. The second kappa shape index (κ2) is 3.95. The lowest BCUT2D eigenvalue weighted by Crippen LogP contribution is -1.81. The van der Waals surface area contributed by atoms with Gasteiger partial charge in [0, 0.05) is 5.56 Å². The number of rotatable bonds is 1. The van der Waals surface area contributed by atoms with E-state index in [0.717, 1.165) is 11.3 Å². The van der Waals surface area contributed by atoms with Crippen molar-refractivity contribution >= 4 is 12.6 Å². The molecule has 0 radical (unpaired) electrons. The van der Waals surface area contributed by atoms with Crippen molar-refractivity contribution in [1.29, 1.82) is 0 Å². The van der Waals surface area contributed by atoms with Gasteiger partial charge in [0.15, 0.2) is 0 Å². The van der Waals surface area contributed by atoms with E-state index < -0.39 is 0 Å². The van der Waals surface area contributed by atoms with Gasteiger partial charge in [-0.2, -0.15) is 0 Å². The molecule has 0 aromatic heterocycles. The molecular weight excluding hydrogens is 156 g/mol. The molecule has 0 saturated carbocycles. The van der Waals surface area contributed by atoms with Crippen LogP contribution in [0.2, 0.25) is 0 Å². The van der Waals surface area contributed by atoms with Gasteiger partial charge >= 0.3 is 0 Å². The minimum absolute atomic E-state index is 0.842. The van der Waals surface area contributed by atoms with E-state index >= 15 is 0 Å². The summed E-state index contributed by atoms with van der Waals surface area (Å²) in [6, 6.07) is 7.52. The average molecular weight is 164 g/mol. The molecular formula is C9H8OS. The van der Waals surface area contributed by atoms with Gasteiger partial charge in [-0.1, -0.05) is 18.5 Å². The van der Waals surface area contributed by atoms with Crippen LogP contribution in [0.4, 0.5) is 0 Å². The number of thiol groups is 1. The third kappa shape index (κ3) is 2.21. The largest absolute Gasteiger partial charge is 0.497 e. The first-order chi connectivity index (χ1) is 5.36. The molecule has 1 rings (SSSR count). The number of ether oxygens (including phenoxy) is 1. The van der Waals surface area contributed by atoms with Crippen LogP contribution >= 0.6 is 12.6 Å². The van der Waals surface area contributed by atoms with Gasteiger partial charge in [0.1, 0.15) is 5.75 Å². The van der Waals surface area contributed by atoms with Crippen molar-refractivity contribution in [2.45, 2.75) is 0 Å². The van der Waals surface area contributed by atoms with Gasteiger partial charge < -0.3 is 4.74 Å². The molecule has 0 aliphatic rings. The first-order valence-corrected chi connectivity index (χ1v) is 3.60. The van der Waals surface area contributed by atoms with E-state index in [1.807, 2.05) is 24.3 Å². The second-order valence-corrected chi connectivity index (χ2v) is 2.19. The van der Waals surface area contributed by atoms with Crippen LogP contribution in [0.1, 0.15) is 5.56 Å². The van der Waals surface area contributed by atoms with Gasteiger partial charge in [0.2, 0.25) is 0 Å². The summed E-state index contributed by atoms with van der Waals surface area (Å²) < 4.78 is 4.98. The van der Waals surface area contributed by atoms with E-state index in [-0.39, 0.29) is 0 Å². The van der Waals surface area contributed by atoms with Crippen molar-refractivity contribution in [2.75, 3.05) is 7.11 Å². The molecule has 0 spiro atoms. The summed E-state index contributed by atoms with van der Waals surface area (Å²) in [5.41, 5.74) is 0.945. The van der Waals surface area contributed by atoms with E-state index in [4.69, 9.17) is 4.74 Å². The maximum atomic E-state index is 4.98.